The third-order valence-corrected chi connectivity index (χ3v) is 3.74. The summed E-state index contributed by atoms with van der Waals surface area (Å²) >= 11 is 1.62. The minimum absolute atomic E-state index is 0.157. The Morgan fingerprint density at radius 1 is 1.69 bits per heavy atom. The predicted molar refractivity (Wildman–Crippen MR) is 54.8 cm³/mol. The molecule has 1 heterocycles. The van der Waals surface area contributed by atoms with Crippen LogP contribution in [0.1, 0.15) is 13.3 Å². The van der Waals surface area contributed by atoms with Crippen LogP contribution in [-0.4, -0.2) is 37.3 Å². The van der Waals surface area contributed by atoms with Gasteiger partial charge in [0, 0.05) is 18.4 Å². The quantitative estimate of drug-likeness (QED) is 0.697. The van der Waals surface area contributed by atoms with Crippen LogP contribution in [0.4, 0.5) is 0 Å². The molecule has 1 unspecified atom stereocenters. The van der Waals surface area contributed by atoms with Crippen LogP contribution in [0.5, 0.6) is 0 Å². The van der Waals surface area contributed by atoms with Gasteiger partial charge in [0.25, 0.3) is 0 Å². The number of hydrogen-bond acceptors (Lipinski definition) is 5. The molecule has 0 fully saturated rings. The highest BCUT2D eigenvalue weighted by atomic mass is 32.2. The van der Waals surface area contributed by atoms with Crippen LogP contribution in [0.2, 0.25) is 0 Å². The highest BCUT2D eigenvalue weighted by Crippen LogP contribution is 2.28. The van der Waals surface area contributed by atoms with Gasteiger partial charge in [0.15, 0.2) is 14.9 Å². The molecule has 0 saturated heterocycles. The Morgan fingerprint density at radius 2 is 2.31 bits per heavy atom. The van der Waals surface area contributed by atoms with Crippen LogP contribution >= 0.6 is 11.8 Å². The zero-order chi connectivity index (χ0) is 10.1. The molecule has 6 heteroatoms. The van der Waals surface area contributed by atoms with Crippen molar-refractivity contribution < 1.29 is 13.3 Å². The molecule has 0 bridgehead atoms. The van der Waals surface area contributed by atoms with Crippen LogP contribution in [0.15, 0.2) is 5.16 Å². The molecule has 0 radical (unpaired) electrons. The van der Waals surface area contributed by atoms with Gasteiger partial charge in [0.05, 0.1) is 0 Å². The van der Waals surface area contributed by atoms with Gasteiger partial charge in [0.2, 0.25) is 0 Å². The fourth-order valence-electron chi connectivity index (χ4n) is 1.13. The third kappa shape index (κ3) is 2.60. The van der Waals surface area contributed by atoms with Crippen LogP contribution in [-0.2, 0) is 14.7 Å². The number of thioether (sulfide) groups is 1. The van der Waals surface area contributed by atoms with Gasteiger partial charge in [-0.15, -0.1) is 0 Å². The highest BCUT2D eigenvalue weighted by molar-refractivity contribution is 8.05. The lowest BCUT2D eigenvalue weighted by molar-refractivity contribution is 0.0164. The van der Waals surface area contributed by atoms with Crippen molar-refractivity contribution in [2.75, 3.05) is 18.3 Å². The van der Waals surface area contributed by atoms with Gasteiger partial charge in [-0.3, -0.25) is 0 Å². The summed E-state index contributed by atoms with van der Waals surface area (Å²) in [6, 6.07) is 0. The Bertz CT molecular complexity index is 323. The minimum Gasteiger partial charge on any atom is -0.387 e. The average molecular weight is 223 g/mol. The summed E-state index contributed by atoms with van der Waals surface area (Å²) in [7, 11) is -3.18. The first-order valence-corrected chi connectivity index (χ1v) is 7.10. The van der Waals surface area contributed by atoms with Gasteiger partial charge in [-0.2, -0.15) is 11.8 Å². The van der Waals surface area contributed by atoms with E-state index in [1.807, 2.05) is 13.2 Å². The first-order chi connectivity index (χ1) is 5.87. The lowest BCUT2D eigenvalue weighted by atomic mass is 10.1. The van der Waals surface area contributed by atoms with E-state index < -0.39 is 15.4 Å². The lowest BCUT2D eigenvalue weighted by Gasteiger charge is -2.19. The van der Waals surface area contributed by atoms with E-state index in [1.165, 1.54) is 0 Å². The fraction of sp³-hybridized carbons (Fsp3) is 0.857. The average Bonchev–Trinajstić information content (AvgIpc) is 2.31. The molecule has 76 valence electrons. The lowest BCUT2D eigenvalue weighted by Crippen LogP contribution is -2.29. The molecule has 0 aliphatic carbocycles. The summed E-state index contributed by atoms with van der Waals surface area (Å²) < 4.78 is 22.2. The second-order valence-corrected chi connectivity index (χ2v) is 6.29. The first-order valence-electron chi connectivity index (χ1n) is 3.81. The molecule has 1 rings (SSSR count). The molecule has 0 N–H and O–H groups in total. The van der Waals surface area contributed by atoms with Crippen LogP contribution in [0.3, 0.4) is 0 Å². The summed E-state index contributed by atoms with van der Waals surface area (Å²) in [5.41, 5.74) is -0.447. The van der Waals surface area contributed by atoms with Gasteiger partial charge in [-0.1, -0.05) is 5.16 Å². The van der Waals surface area contributed by atoms with Gasteiger partial charge < -0.3 is 4.84 Å². The van der Waals surface area contributed by atoms with Gasteiger partial charge in [-0.05, 0) is 13.2 Å². The summed E-state index contributed by atoms with van der Waals surface area (Å²) in [6.45, 7) is 1.87. The maximum absolute atomic E-state index is 11.1. The van der Waals surface area contributed by atoms with E-state index >= 15 is 0 Å². The molecule has 0 aromatic rings. The van der Waals surface area contributed by atoms with Crippen molar-refractivity contribution in [2.45, 2.75) is 18.9 Å². The smallest absolute Gasteiger partial charge is 0.192 e. The molecular weight excluding hydrogens is 210 g/mol. The van der Waals surface area contributed by atoms with Crippen molar-refractivity contribution in [1.82, 2.24) is 0 Å². The Balaban J connectivity index is 2.71. The standard InChI is InChI=1S/C7H13NO3S2/c1-7(5-12-2)4-6(8-11-7)13(3,9)10/h4-5H2,1-3H3. The minimum atomic E-state index is -3.18. The monoisotopic (exact) mass is 223 g/mol. The third-order valence-electron chi connectivity index (χ3n) is 1.77. The topological polar surface area (TPSA) is 55.7 Å². The second kappa shape index (κ2) is 3.49. The molecule has 0 saturated carbocycles. The molecule has 1 atom stereocenters. The molecule has 13 heavy (non-hydrogen) atoms. The van der Waals surface area contributed by atoms with Crippen LogP contribution in [0.25, 0.3) is 0 Å². The van der Waals surface area contributed by atoms with E-state index in [0.717, 1.165) is 12.0 Å². The van der Waals surface area contributed by atoms with Crippen molar-refractivity contribution >= 4 is 26.6 Å². The summed E-state index contributed by atoms with van der Waals surface area (Å²) in [4.78, 5) is 5.11. The Hall–Kier alpha value is -0.230. The van der Waals surface area contributed by atoms with E-state index in [2.05, 4.69) is 5.16 Å². The van der Waals surface area contributed by atoms with Crippen molar-refractivity contribution in [3.8, 4) is 0 Å². The normalized spacial score (nSPS) is 28.4. The maximum Gasteiger partial charge on any atom is 0.192 e. The van der Waals surface area contributed by atoms with E-state index in [0.29, 0.717) is 6.42 Å². The predicted octanol–water partition coefficient (Wildman–Crippen LogP) is 0.887. The number of nitrogens with zero attached hydrogens (tertiary/aromatic N) is 1. The number of hydrogen-bond donors (Lipinski definition) is 0. The van der Waals surface area contributed by atoms with Gasteiger partial charge >= 0.3 is 0 Å². The van der Waals surface area contributed by atoms with Crippen molar-refractivity contribution in [1.29, 1.82) is 0 Å². The summed E-state index contributed by atoms with van der Waals surface area (Å²) in [5.74, 6) is 0.746. The molecular formula is C7H13NO3S2. The number of rotatable bonds is 2. The Kier molecular flexibility index (Phi) is 2.91. The fourth-order valence-corrected chi connectivity index (χ4v) is 2.63. The van der Waals surface area contributed by atoms with Crippen LogP contribution < -0.4 is 0 Å². The highest BCUT2D eigenvalue weighted by Gasteiger charge is 2.37. The molecule has 0 aromatic heterocycles. The van der Waals surface area contributed by atoms with Crippen LogP contribution in [0, 0.1) is 0 Å². The largest absolute Gasteiger partial charge is 0.387 e. The zero-order valence-corrected chi connectivity index (χ0v) is 9.54. The molecule has 1 aliphatic rings. The molecule has 0 aromatic carbocycles. The van der Waals surface area contributed by atoms with E-state index in [1.54, 1.807) is 11.8 Å². The second-order valence-electron chi connectivity index (χ2n) is 3.41. The van der Waals surface area contributed by atoms with Crippen molar-refractivity contribution in [2.24, 2.45) is 5.16 Å². The SMILES string of the molecule is CSCC1(C)CC(S(C)(=O)=O)=NO1. The Morgan fingerprint density at radius 3 is 2.69 bits per heavy atom. The molecule has 0 spiro atoms. The number of oxime groups is 1. The zero-order valence-electron chi connectivity index (χ0n) is 7.90. The van der Waals surface area contributed by atoms with E-state index in [9.17, 15) is 8.42 Å². The maximum atomic E-state index is 11.1. The number of sulfone groups is 1. The Labute approximate surface area is 82.6 Å². The summed E-state index contributed by atoms with van der Waals surface area (Å²) in [5, 5.41) is 3.75. The molecule has 1 aliphatic heterocycles. The van der Waals surface area contributed by atoms with Crippen molar-refractivity contribution in [3.63, 3.8) is 0 Å². The van der Waals surface area contributed by atoms with E-state index in [-0.39, 0.29) is 5.04 Å². The van der Waals surface area contributed by atoms with E-state index in [4.69, 9.17) is 4.84 Å². The molecule has 0 amide bonds. The van der Waals surface area contributed by atoms with Gasteiger partial charge in [0.1, 0.15) is 5.60 Å². The first kappa shape index (κ1) is 10.8. The summed E-state index contributed by atoms with van der Waals surface area (Å²) in [6.07, 6.45) is 3.49. The van der Waals surface area contributed by atoms with Gasteiger partial charge in [-0.25, -0.2) is 8.42 Å². The molecule has 4 nitrogen and oxygen atoms in total. The van der Waals surface area contributed by atoms with Crippen molar-refractivity contribution in [3.05, 3.63) is 0 Å².